The molecule has 0 spiro atoms. The number of ketones is 1. The van der Waals surface area contributed by atoms with Gasteiger partial charge in [-0.25, -0.2) is 0 Å². The summed E-state index contributed by atoms with van der Waals surface area (Å²) in [5, 5.41) is 16.1. The average Bonchev–Trinajstić information content (AvgIpc) is 3.63. The van der Waals surface area contributed by atoms with Crippen LogP contribution in [0.15, 0.2) is 18.6 Å². The Kier molecular flexibility index (Phi) is 8.12. The van der Waals surface area contributed by atoms with Gasteiger partial charge in [0.25, 0.3) is 5.91 Å². The fourth-order valence-corrected chi connectivity index (χ4v) is 7.27. The highest BCUT2D eigenvalue weighted by Crippen LogP contribution is 2.47. The molecule has 2 aliphatic heterocycles. The third kappa shape index (κ3) is 5.70. The molecule has 5 rings (SSSR count). The van der Waals surface area contributed by atoms with Crippen LogP contribution in [0.25, 0.3) is 0 Å². The monoisotopic (exact) mass is 616 g/mol. The lowest BCUT2D eigenvalue weighted by Gasteiger charge is -2.35. The minimum atomic E-state index is -4.92. The summed E-state index contributed by atoms with van der Waals surface area (Å²) in [4.78, 5) is 42.2. The summed E-state index contributed by atoms with van der Waals surface area (Å²) in [6.07, 6.45) is 1.17. The van der Waals surface area contributed by atoms with Crippen LogP contribution in [0.1, 0.15) is 90.7 Å². The van der Waals surface area contributed by atoms with Crippen LogP contribution in [0.2, 0.25) is 10.0 Å². The molecule has 14 heteroatoms. The lowest BCUT2D eigenvalue weighted by atomic mass is 9.78. The highest BCUT2D eigenvalue weighted by Gasteiger charge is 2.53. The van der Waals surface area contributed by atoms with Crippen LogP contribution in [0.5, 0.6) is 0 Å². The van der Waals surface area contributed by atoms with E-state index >= 15 is 0 Å². The Morgan fingerprint density at radius 1 is 1.15 bits per heavy atom. The first-order chi connectivity index (χ1) is 19.3. The molecule has 2 saturated heterocycles. The first kappa shape index (κ1) is 29.8. The lowest BCUT2D eigenvalue weighted by Crippen LogP contribution is -2.52. The summed E-state index contributed by atoms with van der Waals surface area (Å²) >= 11 is 12.4. The second-order valence-electron chi connectivity index (χ2n) is 11.3. The molecule has 222 valence electrons. The van der Waals surface area contributed by atoms with E-state index in [0.29, 0.717) is 25.7 Å². The summed E-state index contributed by atoms with van der Waals surface area (Å²) in [5.41, 5.74) is -2.78. The van der Waals surface area contributed by atoms with Gasteiger partial charge in [0.1, 0.15) is 0 Å². The Labute approximate surface area is 243 Å². The molecule has 0 radical (unpaired) electrons. The number of nitrogens with zero attached hydrogens (tertiary/aromatic N) is 3. The molecule has 9 nitrogen and oxygen atoms in total. The van der Waals surface area contributed by atoms with Gasteiger partial charge in [-0.3, -0.25) is 24.0 Å². The Morgan fingerprint density at radius 3 is 2.34 bits per heavy atom. The molecule has 4 atom stereocenters. The van der Waals surface area contributed by atoms with Crippen LogP contribution in [0.4, 0.5) is 13.2 Å². The molecule has 2 aromatic heterocycles. The van der Waals surface area contributed by atoms with E-state index in [4.69, 9.17) is 27.9 Å². The van der Waals surface area contributed by atoms with E-state index in [1.807, 2.05) is 0 Å². The zero-order chi connectivity index (χ0) is 29.7. The van der Waals surface area contributed by atoms with E-state index in [2.05, 4.69) is 15.4 Å². The molecule has 1 saturated carbocycles. The largest absolute Gasteiger partial charge is 0.481 e. The lowest BCUT2D eigenvalue weighted by molar-refractivity contribution is -0.148. The third-order valence-electron chi connectivity index (χ3n) is 8.76. The van der Waals surface area contributed by atoms with Crippen LogP contribution < -0.4 is 5.32 Å². The van der Waals surface area contributed by atoms with Gasteiger partial charge in [0.05, 0.1) is 57.1 Å². The zero-order valence-corrected chi connectivity index (χ0v) is 23.6. The first-order valence-corrected chi connectivity index (χ1v) is 14.2. The molecule has 1 amide bonds. The van der Waals surface area contributed by atoms with E-state index in [1.165, 1.54) is 12.4 Å². The minimum absolute atomic E-state index is 0.0152. The number of pyridine rings is 1. The van der Waals surface area contributed by atoms with Gasteiger partial charge in [0.15, 0.2) is 11.5 Å². The Morgan fingerprint density at radius 2 is 1.80 bits per heavy atom. The summed E-state index contributed by atoms with van der Waals surface area (Å²) in [6, 6.07) is -1.68. The van der Waals surface area contributed by atoms with E-state index in [9.17, 15) is 32.7 Å². The van der Waals surface area contributed by atoms with E-state index < -0.39 is 58.7 Å². The summed E-state index contributed by atoms with van der Waals surface area (Å²) in [5.74, 6) is -3.54. The first-order valence-electron chi connectivity index (χ1n) is 13.5. The standard InChI is InChI=1S/C27H29Cl2F3N4O5/c1-13-8-14(2-3-16(13)25(39)40)36-23(27(30,31)32)17(10-34-36)24(38)35-21(26-6-4-15(41-26)5-7-26)9-20(37)22-18(28)11-33-12-19(22)29/h10-16,21H,2-9H2,1H3,(H,35,38)(H,39,40)/t13-,14-,15?,16-,21?,26?/m0/s1. The minimum Gasteiger partial charge on any atom is -0.481 e. The smallest absolute Gasteiger partial charge is 0.433 e. The van der Waals surface area contributed by atoms with E-state index in [0.717, 1.165) is 10.9 Å². The number of aromatic nitrogens is 3. The van der Waals surface area contributed by atoms with Crippen LogP contribution in [0.3, 0.4) is 0 Å². The summed E-state index contributed by atoms with van der Waals surface area (Å²) < 4.78 is 50.2. The van der Waals surface area contributed by atoms with E-state index in [-0.39, 0.29) is 53.3 Å². The van der Waals surface area contributed by atoms with Gasteiger partial charge in [0.2, 0.25) is 0 Å². The number of carbonyl (C=O) groups excluding carboxylic acids is 2. The number of hydrogen-bond acceptors (Lipinski definition) is 6. The SMILES string of the molecule is C[C@H]1C[C@@H](n2ncc(C(=O)NC(CC(=O)c3c(Cl)cncc3Cl)C34CCC(CC3)O4)c2C(F)(F)F)CC[C@@H]1C(=O)O. The number of nitrogens with one attached hydrogen (secondary N) is 1. The molecule has 3 aliphatic rings. The van der Waals surface area contributed by atoms with Crippen molar-refractivity contribution in [3.63, 3.8) is 0 Å². The number of amides is 1. The van der Waals surface area contributed by atoms with Crippen molar-refractivity contribution in [3.8, 4) is 0 Å². The second-order valence-corrected chi connectivity index (χ2v) is 12.1. The molecule has 1 unspecified atom stereocenters. The predicted molar refractivity (Wildman–Crippen MR) is 141 cm³/mol. The molecule has 2 bridgehead atoms. The van der Waals surface area contributed by atoms with Crippen molar-refractivity contribution in [2.45, 2.75) is 88.3 Å². The number of carboxylic acid groups (broad SMARTS) is 1. The van der Waals surface area contributed by atoms with Gasteiger partial charge in [-0.1, -0.05) is 30.1 Å². The van der Waals surface area contributed by atoms with Crippen molar-refractivity contribution >= 4 is 40.9 Å². The number of halogens is 5. The van der Waals surface area contributed by atoms with Gasteiger partial charge in [-0.05, 0) is 50.9 Å². The van der Waals surface area contributed by atoms with Gasteiger partial charge in [-0.15, -0.1) is 0 Å². The number of fused-ring (bicyclic) bond motifs is 2. The third-order valence-corrected chi connectivity index (χ3v) is 9.33. The maximum Gasteiger partial charge on any atom is 0.433 e. The summed E-state index contributed by atoms with van der Waals surface area (Å²) in [7, 11) is 0. The fraction of sp³-hybridized carbons (Fsp3) is 0.593. The molecule has 2 aromatic rings. The van der Waals surface area contributed by atoms with Crippen LogP contribution in [-0.4, -0.2) is 55.3 Å². The van der Waals surface area contributed by atoms with E-state index in [1.54, 1.807) is 6.92 Å². The molecule has 1 aliphatic carbocycles. The van der Waals surface area contributed by atoms with Crippen molar-refractivity contribution in [1.82, 2.24) is 20.1 Å². The van der Waals surface area contributed by atoms with Gasteiger partial charge in [0, 0.05) is 18.8 Å². The van der Waals surface area contributed by atoms with Crippen molar-refractivity contribution < 1.29 is 37.4 Å². The van der Waals surface area contributed by atoms with Crippen LogP contribution in [0, 0.1) is 11.8 Å². The predicted octanol–water partition coefficient (Wildman–Crippen LogP) is 5.75. The van der Waals surface area contributed by atoms with Crippen molar-refractivity contribution in [3.05, 3.63) is 45.5 Å². The second kappa shape index (κ2) is 11.2. The highest BCUT2D eigenvalue weighted by atomic mass is 35.5. The Bertz CT molecular complexity index is 1340. The van der Waals surface area contributed by atoms with Crippen LogP contribution >= 0.6 is 23.2 Å². The van der Waals surface area contributed by atoms with Crippen LogP contribution in [-0.2, 0) is 15.7 Å². The number of carboxylic acids is 1. The number of ether oxygens (including phenoxy) is 1. The average molecular weight is 617 g/mol. The van der Waals surface area contributed by atoms with Gasteiger partial charge in [-0.2, -0.15) is 18.3 Å². The molecule has 4 heterocycles. The summed E-state index contributed by atoms with van der Waals surface area (Å²) in [6.45, 7) is 1.69. The number of rotatable bonds is 8. The topological polar surface area (TPSA) is 123 Å². The van der Waals surface area contributed by atoms with Crippen molar-refractivity contribution in [2.75, 3.05) is 0 Å². The number of carbonyl (C=O) groups is 3. The normalized spacial score (nSPS) is 28.4. The van der Waals surface area contributed by atoms with Crippen molar-refractivity contribution in [2.24, 2.45) is 11.8 Å². The maximum absolute atomic E-state index is 14.4. The molecular formula is C27H29Cl2F3N4O5. The molecular weight excluding hydrogens is 588 g/mol. The number of hydrogen-bond donors (Lipinski definition) is 2. The van der Waals surface area contributed by atoms with Crippen molar-refractivity contribution in [1.29, 1.82) is 0 Å². The fourth-order valence-electron chi connectivity index (χ4n) is 6.69. The number of Topliss-reactive ketones (excluding diaryl/α,β-unsaturated/α-hetero) is 1. The maximum atomic E-state index is 14.4. The quantitative estimate of drug-likeness (QED) is 0.362. The van der Waals surface area contributed by atoms with Gasteiger partial charge < -0.3 is 15.2 Å². The Balaban J connectivity index is 1.44. The zero-order valence-electron chi connectivity index (χ0n) is 22.1. The Hall–Kier alpha value is -2.70. The molecule has 41 heavy (non-hydrogen) atoms. The number of alkyl halides is 3. The molecule has 2 N–H and O–H groups in total. The van der Waals surface area contributed by atoms with Gasteiger partial charge >= 0.3 is 12.1 Å². The number of aliphatic carboxylic acids is 1. The highest BCUT2D eigenvalue weighted by molar-refractivity contribution is 6.39. The molecule has 0 aromatic carbocycles. The molecule has 3 fully saturated rings.